The highest BCUT2D eigenvalue weighted by molar-refractivity contribution is 7.93. The number of rotatable bonds is 8. The highest BCUT2D eigenvalue weighted by Gasteiger charge is 2.34. The standard InChI is InChI=1S/C22H24N2O7S/c1-23-20(25)14-31-21(26)9-8-15-12-18(29-2)22(30-3)19(13-15)32(27,28)24-11-10-16-6-4-5-7-17(16)24/h4-9,12-13H,10-11,14H2,1-3H3,(H,23,25). The Balaban J connectivity index is 1.98. The lowest BCUT2D eigenvalue weighted by Gasteiger charge is -2.22. The predicted molar refractivity (Wildman–Crippen MR) is 118 cm³/mol. The van der Waals surface area contributed by atoms with E-state index in [1.807, 2.05) is 12.1 Å². The first-order chi connectivity index (χ1) is 15.3. The van der Waals surface area contributed by atoms with E-state index in [2.05, 4.69) is 5.32 Å². The second-order valence-electron chi connectivity index (χ2n) is 6.82. The van der Waals surface area contributed by atoms with E-state index in [4.69, 9.17) is 14.2 Å². The first-order valence-electron chi connectivity index (χ1n) is 9.74. The number of amides is 1. The molecular formula is C22H24N2O7S. The zero-order valence-electron chi connectivity index (χ0n) is 18.0. The number of anilines is 1. The fraction of sp³-hybridized carbons (Fsp3) is 0.273. The molecule has 1 heterocycles. The van der Waals surface area contributed by atoms with Crippen LogP contribution in [0.15, 0.2) is 47.4 Å². The summed E-state index contributed by atoms with van der Waals surface area (Å²) in [5.41, 5.74) is 1.94. The van der Waals surface area contributed by atoms with Crippen LogP contribution >= 0.6 is 0 Å². The molecule has 0 radical (unpaired) electrons. The number of nitrogens with zero attached hydrogens (tertiary/aromatic N) is 1. The van der Waals surface area contributed by atoms with Gasteiger partial charge in [-0.15, -0.1) is 0 Å². The van der Waals surface area contributed by atoms with E-state index >= 15 is 0 Å². The summed E-state index contributed by atoms with van der Waals surface area (Å²) in [6, 6.07) is 10.3. The van der Waals surface area contributed by atoms with Gasteiger partial charge < -0.3 is 19.5 Å². The molecule has 0 aliphatic carbocycles. The van der Waals surface area contributed by atoms with Gasteiger partial charge in [-0.3, -0.25) is 9.10 Å². The van der Waals surface area contributed by atoms with Gasteiger partial charge in [0, 0.05) is 19.7 Å². The minimum Gasteiger partial charge on any atom is -0.493 e. The fourth-order valence-electron chi connectivity index (χ4n) is 3.34. The summed E-state index contributed by atoms with van der Waals surface area (Å²) in [5, 5.41) is 2.34. The van der Waals surface area contributed by atoms with Crippen LogP contribution in [-0.2, 0) is 30.8 Å². The van der Waals surface area contributed by atoms with Crippen molar-refractivity contribution in [1.82, 2.24) is 5.32 Å². The number of sulfonamides is 1. The Morgan fingerprint density at radius 1 is 1.16 bits per heavy atom. The van der Waals surface area contributed by atoms with Crippen molar-refractivity contribution >= 4 is 33.7 Å². The minimum absolute atomic E-state index is 0.0659. The average Bonchev–Trinajstić information content (AvgIpc) is 3.25. The van der Waals surface area contributed by atoms with Gasteiger partial charge >= 0.3 is 5.97 Å². The molecule has 32 heavy (non-hydrogen) atoms. The Hall–Kier alpha value is -3.53. The van der Waals surface area contributed by atoms with Gasteiger partial charge in [-0.1, -0.05) is 18.2 Å². The van der Waals surface area contributed by atoms with Gasteiger partial charge in [0.2, 0.25) is 0 Å². The molecule has 10 heteroatoms. The topological polar surface area (TPSA) is 111 Å². The van der Waals surface area contributed by atoms with Crippen LogP contribution in [0.3, 0.4) is 0 Å². The number of carbonyl (C=O) groups excluding carboxylic acids is 2. The first-order valence-corrected chi connectivity index (χ1v) is 11.2. The van der Waals surface area contributed by atoms with Crippen molar-refractivity contribution in [3.05, 3.63) is 53.6 Å². The summed E-state index contributed by atoms with van der Waals surface area (Å²) < 4.78 is 44.0. The molecule has 170 valence electrons. The van der Waals surface area contributed by atoms with Crippen LogP contribution in [0.2, 0.25) is 0 Å². The third-order valence-corrected chi connectivity index (χ3v) is 6.73. The van der Waals surface area contributed by atoms with Crippen LogP contribution in [0.25, 0.3) is 6.08 Å². The second-order valence-corrected chi connectivity index (χ2v) is 8.66. The molecule has 2 aromatic rings. The molecular weight excluding hydrogens is 436 g/mol. The quantitative estimate of drug-likeness (QED) is 0.472. The van der Waals surface area contributed by atoms with Gasteiger partial charge in [0.25, 0.3) is 15.9 Å². The van der Waals surface area contributed by atoms with Crippen LogP contribution < -0.4 is 19.1 Å². The van der Waals surface area contributed by atoms with Crippen molar-refractivity contribution in [3.8, 4) is 11.5 Å². The molecule has 9 nitrogen and oxygen atoms in total. The Labute approximate surface area is 186 Å². The lowest BCUT2D eigenvalue weighted by atomic mass is 10.2. The normalized spacial score (nSPS) is 13.0. The smallest absolute Gasteiger partial charge is 0.331 e. The number of benzene rings is 2. The molecule has 1 aliphatic rings. The highest BCUT2D eigenvalue weighted by atomic mass is 32.2. The maximum Gasteiger partial charge on any atom is 0.331 e. The van der Waals surface area contributed by atoms with Crippen molar-refractivity contribution in [2.45, 2.75) is 11.3 Å². The fourth-order valence-corrected chi connectivity index (χ4v) is 5.04. The van der Waals surface area contributed by atoms with Gasteiger partial charge in [0.15, 0.2) is 18.1 Å². The number of hydrogen-bond acceptors (Lipinski definition) is 7. The minimum atomic E-state index is -3.99. The van der Waals surface area contributed by atoms with Crippen molar-refractivity contribution in [2.75, 3.05) is 38.7 Å². The zero-order valence-corrected chi connectivity index (χ0v) is 18.8. The molecule has 0 atom stereocenters. The van der Waals surface area contributed by atoms with E-state index in [0.717, 1.165) is 11.6 Å². The van der Waals surface area contributed by atoms with Crippen LogP contribution in [-0.4, -0.2) is 54.7 Å². The monoisotopic (exact) mass is 460 g/mol. The number of para-hydroxylation sites is 1. The Morgan fingerprint density at radius 2 is 1.91 bits per heavy atom. The molecule has 0 unspecified atom stereocenters. The zero-order chi connectivity index (χ0) is 23.3. The molecule has 0 spiro atoms. The molecule has 2 aromatic carbocycles. The number of fused-ring (bicyclic) bond motifs is 1. The van der Waals surface area contributed by atoms with Crippen LogP contribution in [0.4, 0.5) is 5.69 Å². The molecule has 0 saturated heterocycles. The number of nitrogens with one attached hydrogen (secondary N) is 1. The van der Waals surface area contributed by atoms with Crippen molar-refractivity contribution in [3.63, 3.8) is 0 Å². The summed E-state index contributed by atoms with van der Waals surface area (Å²) >= 11 is 0. The van der Waals surface area contributed by atoms with Crippen molar-refractivity contribution < 1.29 is 32.2 Å². The highest BCUT2D eigenvalue weighted by Crippen LogP contribution is 2.40. The Kier molecular flexibility index (Phi) is 7.04. The lowest BCUT2D eigenvalue weighted by molar-refractivity contribution is -0.143. The van der Waals surface area contributed by atoms with E-state index in [1.54, 1.807) is 12.1 Å². The van der Waals surface area contributed by atoms with E-state index < -0.39 is 28.5 Å². The largest absolute Gasteiger partial charge is 0.493 e. The number of esters is 1. The van der Waals surface area contributed by atoms with Gasteiger partial charge in [-0.05, 0) is 41.8 Å². The molecule has 0 aromatic heterocycles. The van der Waals surface area contributed by atoms with Crippen molar-refractivity contribution in [1.29, 1.82) is 0 Å². The third kappa shape index (κ3) is 4.70. The number of ether oxygens (including phenoxy) is 3. The Bertz CT molecular complexity index is 1160. The third-order valence-electron chi connectivity index (χ3n) is 4.92. The first kappa shape index (κ1) is 23.1. The van der Waals surface area contributed by atoms with Gasteiger partial charge in [0.1, 0.15) is 4.90 Å². The van der Waals surface area contributed by atoms with E-state index in [-0.39, 0.29) is 16.4 Å². The number of methoxy groups -OCH3 is 2. The molecule has 1 N–H and O–H groups in total. The molecule has 0 bridgehead atoms. The summed E-state index contributed by atoms with van der Waals surface area (Å²) in [5.74, 6) is -0.936. The van der Waals surface area contributed by atoms with E-state index in [1.165, 1.54) is 43.8 Å². The average molecular weight is 461 g/mol. The molecule has 1 amide bonds. The maximum absolute atomic E-state index is 13.6. The van der Waals surface area contributed by atoms with E-state index in [0.29, 0.717) is 24.2 Å². The number of likely N-dealkylation sites (N-methyl/N-ethyl adjacent to an activating group) is 1. The molecule has 1 aliphatic heterocycles. The predicted octanol–water partition coefficient (Wildman–Crippen LogP) is 1.76. The molecule has 0 saturated carbocycles. The van der Waals surface area contributed by atoms with Crippen LogP contribution in [0.1, 0.15) is 11.1 Å². The van der Waals surface area contributed by atoms with Crippen molar-refractivity contribution in [2.24, 2.45) is 0 Å². The Morgan fingerprint density at radius 3 is 2.59 bits per heavy atom. The SMILES string of the molecule is CNC(=O)COC(=O)C=Cc1cc(OC)c(OC)c(S(=O)(=O)N2CCc3ccccc32)c1. The summed E-state index contributed by atoms with van der Waals surface area (Å²) in [6.07, 6.45) is 3.09. The number of hydrogen-bond donors (Lipinski definition) is 1. The van der Waals surface area contributed by atoms with Crippen LogP contribution in [0.5, 0.6) is 11.5 Å². The van der Waals surface area contributed by atoms with Crippen LogP contribution in [0, 0.1) is 0 Å². The lowest BCUT2D eigenvalue weighted by Crippen LogP contribution is -2.29. The summed E-state index contributed by atoms with van der Waals surface area (Å²) in [7, 11) is 0.194. The molecule has 0 fully saturated rings. The maximum atomic E-state index is 13.6. The van der Waals surface area contributed by atoms with Gasteiger partial charge in [0.05, 0.1) is 19.9 Å². The van der Waals surface area contributed by atoms with E-state index in [9.17, 15) is 18.0 Å². The summed E-state index contributed by atoms with van der Waals surface area (Å²) in [6.45, 7) is -0.112. The van der Waals surface area contributed by atoms with Gasteiger partial charge in [-0.25, -0.2) is 13.2 Å². The summed E-state index contributed by atoms with van der Waals surface area (Å²) in [4.78, 5) is 23.0. The second kappa shape index (κ2) is 9.73. The molecule has 3 rings (SSSR count). The van der Waals surface area contributed by atoms with Gasteiger partial charge in [-0.2, -0.15) is 0 Å². The number of carbonyl (C=O) groups is 2.